The number of thiocarbonyl (C=S) groups is 1. The van der Waals surface area contributed by atoms with Gasteiger partial charge in [0.25, 0.3) is 0 Å². The molecule has 1 heterocycles. The van der Waals surface area contributed by atoms with Gasteiger partial charge >= 0.3 is 0 Å². The highest BCUT2D eigenvalue weighted by Crippen LogP contribution is 2.32. The molecule has 5 heteroatoms. The molecule has 4 rings (SSSR count). The lowest BCUT2D eigenvalue weighted by Crippen LogP contribution is -2.34. The van der Waals surface area contributed by atoms with Crippen LogP contribution in [0.2, 0.25) is 0 Å². The van der Waals surface area contributed by atoms with Gasteiger partial charge in [0.1, 0.15) is 0 Å². The van der Waals surface area contributed by atoms with Crippen molar-refractivity contribution in [3.05, 3.63) is 65.4 Å². The van der Waals surface area contributed by atoms with Crippen LogP contribution in [0.3, 0.4) is 0 Å². The number of aromatic nitrogens is 1. The molecule has 2 N–H and O–H groups in total. The molecule has 0 fully saturated rings. The van der Waals surface area contributed by atoms with Crippen molar-refractivity contribution in [1.82, 2.24) is 9.88 Å². The second kappa shape index (κ2) is 8.15. The normalized spacial score (nSPS) is 13.2. The fourth-order valence-electron chi connectivity index (χ4n) is 4.04. The molecule has 4 nitrogen and oxygen atoms in total. The van der Waals surface area contributed by atoms with E-state index >= 15 is 0 Å². The molecule has 28 heavy (non-hydrogen) atoms. The van der Waals surface area contributed by atoms with Gasteiger partial charge in [-0.3, -0.25) is 4.79 Å². The van der Waals surface area contributed by atoms with Crippen molar-refractivity contribution in [1.29, 1.82) is 0 Å². The maximum absolute atomic E-state index is 12.4. The zero-order chi connectivity index (χ0) is 19.5. The molecule has 3 aromatic rings. The Morgan fingerprint density at radius 1 is 1.07 bits per heavy atom. The lowest BCUT2D eigenvalue weighted by molar-refractivity contribution is -0.119. The minimum atomic E-state index is -0.0630. The molecular weight excluding hydrogens is 366 g/mol. The Labute approximate surface area is 170 Å². The van der Waals surface area contributed by atoms with Crippen LogP contribution < -0.4 is 10.6 Å². The second-order valence-corrected chi connectivity index (χ2v) is 7.83. The number of hydrogen-bond acceptors (Lipinski definition) is 2. The first-order valence-electron chi connectivity index (χ1n) is 9.88. The van der Waals surface area contributed by atoms with Crippen molar-refractivity contribution in [3.8, 4) is 0 Å². The van der Waals surface area contributed by atoms with Crippen molar-refractivity contribution in [2.24, 2.45) is 0 Å². The molecule has 1 aliphatic carbocycles. The lowest BCUT2D eigenvalue weighted by atomic mass is 9.95. The van der Waals surface area contributed by atoms with Crippen LogP contribution in [-0.4, -0.2) is 15.6 Å². The van der Waals surface area contributed by atoms with Crippen LogP contribution in [0.25, 0.3) is 10.9 Å². The number of nitrogens with one attached hydrogen (secondary N) is 2. The average molecular weight is 392 g/mol. The van der Waals surface area contributed by atoms with E-state index < -0.39 is 0 Å². The summed E-state index contributed by atoms with van der Waals surface area (Å²) in [6, 6.07) is 16.5. The number of anilines is 1. The van der Waals surface area contributed by atoms with E-state index in [1.54, 1.807) is 0 Å². The lowest BCUT2D eigenvalue weighted by Gasteiger charge is -2.16. The number of hydrogen-bond donors (Lipinski definition) is 2. The van der Waals surface area contributed by atoms with Crippen LogP contribution in [0.4, 0.5) is 5.69 Å². The Morgan fingerprint density at radius 3 is 2.64 bits per heavy atom. The van der Waals surface area contributed by atoms with Crippen molar-refractivity contribution in [2.45, 2.75) is 45.6 Å². The van der Waals surface area contributed by atoms with Gasteiger partial charge in [0.15, 0.2) is 5.11 Å². The van der Waals surface area contributed by atoms with Crippen molar-refractivity contribution in [2.75, 3.05) is 5.32 Å². The van der Waals surface area contributed by atoms with Crippen LogP contribution in [0, 0.1) is 6.92 Å². The highest BCUT2D eigenvalue weighted by molar-refractivity contribution is 7.80. The standard InChI is InChI=1S/C23H25N3OS/c1-16-10-12-17(13-11-16)24-23(28)25-22(27)14-15-26-20-8-4-2-6-18(20)19-7-3-5-9-21(19)26/h2,4,6,8,10-13H,3,5,7,9,14-15H2,1H3,(H2,24,25,27,28). The predicted molar refractivity (Wildman–Crippen MR) is 119 cm³/mol. The maximum atomic E-state index is 12.4. The average Bonchev–Trinajstić information content (AvgIpc) is 3.02. The van der Waals surface area contributed by atoms with Gasteiger partial charge in [0.2, 0.25) is 5.91 Å². The highest BCUT2D eigenvalue weighted by atomic mass is 32.1. The van der Waals surface area contributed by atoms with Crippen molar-refractivity contribution < 1.29 is 4.79 Å². The molecule has 144 valence electrons. The fourth-order valence-corrected chi connectivity index (χ4v) is 4.28. The number of fused-ring (bicyclic) bond motifs is 3. The molecule has 0 atom stereocenters. The van der Waals surface area contributed by atoms with Gasteiger partial charge in [0.05, 0.1) is 0 Å². The summed E-state index contributed by atoms with van der Waals surface area (Å²) in [6.07, 6.45) is 5.11. The van der Waals surface area contributed by atoms with Crippen LogP contribution in [-0.2, 0) is 24.2 Å². The van der Waals surface area contributed by atoms with Crippen molar-refractivity contribution in [3.63, 3.8) is 0 Å². The first-order chi connectivity index (χ1) is 13.6. The van der Waals surface area contributed by atoms with Gasteiger partial charge in [-0.15, -0.1) is 0 Å². The number of amides is 1. The second-order valence-electron chi connectivity index (χ2n) is 7.42. The summed E-state index contributed by atoms with van der Waals surface area (Å²) in [4.78, 5) is 12.4. The van der Waals surface area contributed by atoms with Crippen molar-refractivity contribution >= 4 is 39.8 Å². The summed E-state index contributed by atoms with van der Waals surface area (Å²) in [6.45, 7) is 2.71. The van der Waals surface area contributed by atoms with Crippen LogP contribution in [0.15, 0.2) is 48.5 Å². The molecule has 0 saturated carbocycles. The fraction of sp³-hybridized carbons (Fsp3) is 0.304. The van der Waals surface area contributed by atoms with Gasteiger partial charge in [-0.2, -0.15) is 0 Å². The molecule has 0 unspecified atom stereocenters. The Balaban J connectivity index is 1.41. The summed E-state index contributed by atoms with van der Waals surface area (Å²) < 4.78 is 2.33. The van der Waals surface area contributed by atoms with E-state index in [1.165, 1.54) is 40.6 Å². The van der Waals surface area contributed by atoms with E-state index in [4.69, 9.17) is 12.2 Å². The van der Waals surface area contributed by atoms with E-state index in [0.717, 1.165) is 18.5 Å². The molecule has 2 aromatic carbocycles. The summed E-state index contributed by atoms with van der Waals surface area (Å²) >= 11 is 5.28. The molecular formula is C23H25N3OS. The zero-order valence-electron chi connectivity index (χ0n) is 16.1. The minimum Gasteiger partial charge on any atom is -0.344 e. The molecule has 1 aromatic heterocycles. The SMILES string of the molecule is Cc1ccc(NC(=S)NC(=O)CCn2c3c(c4ccccc42)CCCC3)cc1. The first-order valence-corrected chi connectivity index (χ1v) is 10.3. The molecule has 0 radical (unpaired) electrons. The molecule has 0 spiro atoms. The smallest absolute Gasteiger partial charge is 0.227 e. The van der Waals surface area contributed by atoms with Gasteiger partial charge in [-0.05, 0) is 68.6 Å². The zero-order valence-corrected chi connectivity index (χ0v) is 16.9. The van der Waals surface area contributed by atoms with Crippen LogP contribution in [0.5, 0.6) is 0 Å². The minimum absolute atomic E-state index is 0.0630. The summed E-state index contributed by atoms with van der Waals surface area (Å²) in [5.41, 5.74) is 6.17. The van der Waals surface area contributed by atoms with Gasteiger partial charge < -0.3 is 15.2 Å². The monoisotopic (exact) mass is 391 g/mol. The number of carbonyl (C=O) groups is 1. The maximum Gasteiger partial charge on any atom is 0.227 e. The Morgan fingerprint density at radius 2 is 1.82 bits per heavy atom. The Kier molecular flexibility index (Phi) is 5.44. The van der Waals surface area contributed by atoms with Gasteiger partial charge in [-0.25, -0.2) is 0 Å². The Bertz CT molecular complexity index is 1020. The van der Waals surface area contributed by atoms with E-state index in [9.17, 15) is 4.79 Å². The predicted octanol–water partition coefficient (Wildman–Crippen LogP) is 4.73. The first kappa shape index (κ1) is 18.7. The van der Waals surface area contributed by atoms with Crippen LogP contribution in [0.1, 0.15) is 36.1 Å². The highest BCUT2D eigenvalue weighted by Gasteiger charge is 2.20. The largest absolute Gasteiger partial charge is 0.344 e. The van der Waals surface area contributed by atoms with Gasteiger partial charge in [-0.1, -0.05) is 35.9 Å². The number of rotatable bonds is 4. The number of aryl methyl sites for hydroxylation is 3. The van der Waals surface area contributed by atoms with E-state index in [2.05, 4.69) is 39.5 Å². The molecule has 0 aliphatic heterocycles. The molecule has 1 aliphatic rings. The Hall–Kier alpha value is -2.66. The summed E-state index contributed by atoms with van der Waals surface area (Å²) in [5, 5.41) is 7.55. The third-order valence-corrected chi connectivity index (χ3v) is 5.61. The third kappa shape index (κ3) is 3.94. The van der Waals surface area contributed by atoms with Gasteiger partial charge in [0, 0.05) is 35.2 Å². The number of para-hydroxylation sites is 1. The van der Waals surface area contributed by atoms with E-state index in [0.29, 0.717) is 18.1 Å². The summed E-state index contributed by atoms with van der Waals surface area (Å²) in [5.74, 6) is -0.0630. The molecule has 0 bridgehead atoms. The number of nitrogens with zero attached hydrogens (tertiary/aromatic N) is 1. The number of benzene rings is 2. The third-order valence-electron chi connectivity index (χ3n) is 5.41. The van der Waals surface area contributed by atoms with Crippen LogP contribution >= 0.6 is 12.2 Å². The number of carbonyl (C=O) groups excluding carboxylic acids is 1. The molecule has 0 saturated heterocycles. The quantitative estimate of drug-likeness (QED) is 0.632. The van der Waals surface area contributed by atoms with E-state index in [-0.39, 0.29) is 5.91 Å². The van der Waals surface area contributed by atoms with E-state index in [1.807, 2.05) is 31.2 Å². The topological polar surface area (TPSA) is 46.1 Å². The molecule has 1 amide bonds. The summed E-state index contributed by atoms with van der Waals surface area (Å²) in [7, 11) is 0.